The van der Waals surface area contributed by atoms with Gasteiger partial charge in [0.2, 0.25) is 0 Å². The van der Waals surface area contributed by atoms with Gasteiger partial charge in [0.15, 0.2) is 0 Å². The number of nitrogens with one attached hydrogen (secondary N) is 1. The van der Waals surface area contributed by atoms with Gasteiger partial charge in [-0.05, 0) is 31.4 Å². The zero-order valence-electron chi connectivity index (χ0n) is 14.9. The van der Waals surface area contributed by atoms with E-state index in [1.54, 1.807) is 6.07 Å². The van der Waals surface area contributed by atoms with Gasteiger partial charge in [0, 0.05) is 25.6 Å². The van der Waals surface area contributed by atoms with Gasteiger partial charge in [-0.25, -0.2) is 9.37 Å². The van der Waals surface area contributed by atoms with E-state index in [-0.39, 0.29) is 11.7 Å². The molecule has 0 unspecified atom stereocenters. The molecule has 1 atom stereocenters. The molecule has 1 fully saturated rings. The lowest BCUT2D eigenvalue weighted by Gasteiger charge is -2.19. The molecule has 1 saturated heterocycles. The van der Waals surface area contributed by atoms with E-state index in [0.717, 1.165) is 30.2 Å². The second kappa shape index (κ2) is 7.52. The fourth-order valence-corrected chi connectivity index (χ4v) is 4.10. The van der Waals surface area contributed by atoms with Gasteiger partial charge in [0.05, 0.1) is 16.4 Å². The zero-order chi connectivity index (χ0) is 18.0. The van der Waals surface area contributed by atoms with Gasteiger partial charge in [-0.3, -0.25) is 4.79 Å². The van der Waals surface area contributed by atoms with Crippen molar-refractivity contribution in [3.63, 3.8) is 0 Å². The summed E-state index contributed by atoms with van der Waals surface area (Å²) in [4.78, 5) is 19.7. The van der Waals surface area contributed by atoms with Crippen LogP contribution >= 0.6 is 11.3 Å². The molecule has 134 valence electrons. The number of benzene rings is 1. The maximum atomic E-state index is 13.9. The number of rotatable bonds is 5. The first-order valence-corrected chi connectivity index (χ1v) is 9.52. The molecule has 1 N–H and O–H groups in total. The number of carbonyl (C=O) groups excluding carboxylic acids is 1. The van der Waals surface area contributed by atoms with Crippen LogP contribution in [0, 0.1) is 18.7 Å². The summed E-state index contributed by atoms with van der Waals surface area (Å²) in [6.45, 7) is 8.23. The maximum absolute atomic E-state index is 13.9. The molecule has 2 heterocycles. The number of para-hydroxylation sites is 1. The normalized spacial score (nSPS) is 17.3. The van der Waals surface area contributed by atoms with Crippen LogP contribution in [0.2, 0.25) is 0 Å². The minimum Gasteiger partial charge on any atom is -0.369 e. The van der Waals surface area contributed by atoms with Crippen molar-refractivity contribution < 1.29 is 9.18 Å². The number of hydrogen-bond donors (Lipinski definition) is 1. The molecule has 3 rings (SSSR count). The number of halogens is 1. The fraction of sp³-hybridized carbons (Fsp3) is 0.474. The Morgan fingerprint density at radius 1 is 1.44 bits per heavy atom. The predicted molar refractivity (Wildman–Crippen MR) is 100.0 cm³/mol. The van der Waals surface area contributed by atoms with Gasteiger partial charge in [-0.2, -0.15) is 0 Å². The number of carbonyl (C=O) groups is 1. The van der Waals surface area contributed by atoms with E-state index in [1.807, 2.05) is 19.1 Å². The molecule has 1 aromatic heterocycles. The van der Waals surface area contributed by atoms with Crippen molar-refractivity contribution in [1.29, 1.82) is 0 Å². The van der Waals surface area contributed by atoms with E-state index < -0.39 is 0 Å². The molecule has 2 aromatic rings. The molecule has 1 aliphatic rings. The lowest BCUT2D eigenvalue weighted by molar-refractivity contribution is 0.0951. The Morgan fingerprint density at radius 3 is 2.88 bits per heavy atom. The van der Waals surface area contributed by atoms with Crippen molar-refractivity contribution >= 4 is 22.9 Å². The highest BCUT2D eigenvalue weighted by atomic mass is 32.1. The van der Waals surface area contributed by atoms with Gasteiger partial charge in [0.1, 0.15) is 10.7 Å². The molecular formula is C19H24FN3OS. The van der Waals surface area contributed by atoms with Gasteiger partial charge in [-0.1, -0.05) is 26.0 Å². The van der Waals surface area contributed by atoms with Gasteiger partial charge < -0.3 is 10.2 Å². The van der Waals surface area contributed by atoms with Crippen molar-refractivity contribution in [2.75, 3.05) is 24.5 Å². The third kappa shape index (κ3) is 4.00. The van der Waals surface area contributed by atoms with Crippen LogP contribution in [0.5, 0.6) is 0 Å². The van der Waals surface area contributed by atoms with E-state index >= 15 is 0 Å². The molecule has 0 bridgehead atoms. The Labute approximate surface area is 152 Å². The second-order valence-electron chi connectivity index (χ2n) is 6.88. The third-order valence-corrected chi connectivity index (χ3v) is 6.00. The average Bonchev–Trinajstić information content (AvgIpc) is 3.20. The number of anilines is 1. The first-order chi connectivity index (χ1) is 12.0. The molecule has 1 aliphatic heterocycles. The smallest absolute Gasteiger partial charge is 0.263 e. The number of amides is 1. The lowest BCUT2D eigenvalue weighted by atomic mass is 10.1. The van der Waals surface area contributed by atoms with Crippen LogP contribution in [-0.2, 0) is 0 Å². The van der Waals surface area contributed by atoms with Crippen LogP contribution in [0.1, 0.15) is 46.6 Å². The van der Waals surface area contributed by atoms with Crippen molar-refractivity contribution in [3.8, 4) is 0 Å². The molecule has 6 heteroatoms. The van der Waals surface area contributed by atoms with Gasteiger partial charge >= 0.3 is 0 Å². The highest BCUT2D eigenvalue weighted by molar-refractivity contribution is 7.13. The van der Waals surface area contributed by atoms with Crippen LogP contribution in [0.15, 0.2) is 24.3 Å². The minimum atomic E-state index is -0.186. The summed E-state index contributed by atoms with van der Waals surface area (Å²) < 4.78 is 13.9. The zero-order valence-corrected chi connectivity index (χ0v) is 15.7. The van der Waals surface area contributed by atoms with Crippen LogP contribution in [0.25, 0.3) is 0 Å². The highest BCUT2D eigenvalue weighted by Crippen LogP contribution is 2.27. The van der Waals surface area contributed by atoms with Crippen molar-refractivity contribution in [1.82, 2.24) is 10.3 Å². The van der Waals surface area contributed by atoms with E-state index in [1.165, 1.54) is 17.4 Å². The minimum absolute atomic E-state index is 0.0498. The number of aromatic nitrogens is 1. The molecule has 4 nitrogen and oxygen atoms in total. The van der Waals surface area contributed by atoms with Crippen molar-refractivity contribution in [2.24, 2.45) is 5.92 Å². The molecule has 0 radical (unpaired) electrons. The Hall–Kier alpha value is -1.95. The summed E-state index contributed by atoms with van der Waals surface area (Å²) in [5.74, 6) is 0.427. The molecule has 1 amide bonds. The Bertz CT molecular complexity index is 759. The first kappa shape index (κ1) is 17.9. The summed E-state index contributed by atoms with van der Waals surface area (Å²) in [5, 5.41) is 4.03. The molecule has 0 spiro atoms. The largest absolute Gasteiger partial charge is 0.369 e. The Morgan fingerprint density at radius 2 is 2.20 bits per heavy atom. The second-order valence-corrected chi connectivity index (χ2v) is 7.91. The molecular weight excluding hydrogens is 337 g/mol. The average molecular weight is 361 g/mol. The quantitative estimate of drug-likeness (QED) is 0.876. The maximum Gasteiger partial charge on any atom is 0.263 e. The Kier molecular flexibility index (Phi) is 5.37. The first-order valence-electron chi connectivity index (χ1n) is 8.70. The molecule has 0 saturated carbocycles. The topological polar surface area (TPSA) is 45.2 Å². The number of hydrogen-bond acceptors (Lipinski definition) is 4. The molecule has 25 heavy (non-hydrogen) atoms. The fourth-order valence-electron chi connectivity index (χ4n) is 3.12. The van der Waals surface area contributed by atoms with E-state index in [9.17, 15) is 9.18 Å². The summed E-state index contributed by atoms with van der Waals surface area (Å²) in [7, 11) is 0. The number of thiazole rings is 1. The molecule has 1 aromatic carbocycles. The summed E-state index contributed by atoms with van der Waals surface area (Å²) in [6, 6.07) is 6.86. The van der Waals surface area contributed by atoms with Gasteiger partial charge in [-0.15, -0.1) is 11.3 Å². The molecule has 0 aliphatic carbocycles. The SMILES string of the molecule is Cc1nc(C(C)C)sc1C(=O)NC[C@H]1CCN(c2ccccc2F)C1. The van der Waals surface area contributed by atoms with E-state index in [0.29, 0.717) is 28.9 Å². The highest BCUT2D eigenvalue weighted by Gasteiger charge is 2.25. The van der Waals surface area contributed by atoms with Crippen LogP contribution in [-0.4, -0.2) is 30.5 Å². The van der Waals surface area contributed by atoms with Crippen LogP contribution in [0.4, 0.5) is 10.1 Å². The summed E-state index contributed by atoms with van der Waals surface area (Å²) in [5.41, 5.74) is 1.45. The van der Waals surface area contributed by atoms with Crippen LogP contribution in [0.3, 0.4) is 0 Å². The standard InChI is InChI=1S/C19H24FN3OS/c1-12(2)19-22-13(3)17(25-19)18(24)21-10-14-8-9-23(11-14)16-7-5-4-6-15(16)20/h4-7,12,14H,8-11H2,1-3H3,(H,21,24)/t14-/m1/s1. The number of aryl methyl sites for hydroxylation is 1. The van der Waals surface area contributed by atoms with E-state index in [4.69, 9.17) is 0 Å². The van der Waals surface area contributed by atoms with Crippen LogP contribution < -0.4 is 10.2 Å². The predicted octanol–water partition coefficient (Wildman–Crippen LogP) is 3.97. The monoisotopic (exact) mass is 361 g/mol. The summed E-state index contributed by atoms with van der Waals surface area (Å²) >= 11 is 1.47. The lowest BCUT2D eigenvalue weighted by Crippen LogP contribution is -2.31. The summed E-state index contributed by atoms with van der Waals surface area (Å²) in [6.07, 6.45) is 0.952. The Balaban J connectivity index is 1.56. The third-order valence-electron chi connectivity index (χ3n) is 4.54. The van der Waals surface area contributed by atoms with Crippen molar-refractivity contribution in [3.05, 3.63) is 45.7 Å². The number of nitrogens with zero attached hydrogens (tertiary/aromatic N) is 2. The van der Waals surface area contributed by atoms with Crippen molar-refractivity contribution in [2.45, 2.75) is 33.1 Å². The van der Waals surface area contributed by atoms with Gasteiger partial charge in [0.25, 0.3) is 5.91 Å². The van der Waals surface area contributed by atoms with E-state index in [2.05, 4.69) is 29.0 Å².